The Hall–Kier alpha value is -1.62. The zero-order valence-corrected chi connectivity index (χ0v) is 12.5. The van der Waals surface area contributed by atoms with E-state index in [1.54, 1.807) is 4.90 Å². The molecule has 0 atom stereocenters. The molecule has 0 fully saturated rings. The minimum absolute atomic E-state index is 0.323. The van der Waals surface area contributed by atoms with Crippen molar-refractivity contribution in [1.82, 2.24) is 4.98 Å². The van der Waals surface area contributed by atoms with Gasteiger partial charge in [0.05, 0.1) is 0 Å². The van der Waals surface area contributed by atoms with Gasteiger partial charge in [0.2, 0.25) is 0 Å². The molecule has 2 N–H and O–H groups in total. The largest absolute Gasteiger partial charge is 0.443 e. The van der Waals surface area contributed by atoms with Gasteiger partial charge in [0.15, 0.2) is 0 Å². The Bertz CT molecular complexity index is 494. The van der Waals surface area contributed by atoms with E-state index in [4.69, 9.17) is 10.5 Å². The number of rotatable bonds is 2. The minimum atomic E-state index is -0.496. The third-order valence-electron chi connectivity index (χ3n) is 3.11. The highest BCUT2D eigenvalue weighted by atomic mass is 16.6. The van der Waals surface area contributed by atoms with Crippen molar-refractivity contribution in [3.8, 4) is 0 Å². The van der Waals surface area contributed by atoms with Crippen LogP contribution in [0.25, 0.3) is 0 Å². The van der Waals surface area contributed by atoms with E-state index in [9.17, 15) is 4.79 Å². The summed E-state index contributed by atoms with van der Waals surface area (Å²) in [6, 6.07) is 4.04. The zero-order valence-electron chi connectivity index (χ0n) is 12.5. The fraction of sp³-hybridized carbons (Fsp3) is 0.600. The molecule has 2 rings (SSSR count). The summed E-state index contributed by atoms with van der Waals surface area (Å²) >= 11 is 0. The topological polar surface area (TPSA) is 68.5 Å². The Kier molecular flexibility index (Phi) is 4.28. The molecule has 0 aromatic carbocycles. The third-order valence-corrected chi connectivity index (χ3v) is 3.11. The van der Waals surface area contributed by atoms with Crippen LogP contribution in [0.15, 0.2) is 12.1 Å². The molecule has 0 aliphatic carbocycles. The second-order valence-corrected chi connectivity index (χ2v) is 6.06. The molecular formula is C15H23N3O2. The predicted octanol–water partition coefficient (Wildman–Crippen LogP) is 2.27. The van der Waals surface area contributed by atoms with E-state index in [1.165, 1.54) is 0 Å². The second-order valence-electron chi connectivity index (χ2n) is 6.06. The van der Waals surface area contributed by atoms with Gasteiger partial charge >= 0.3 is 6.09 Å². The maximum atomic E-state index is 12.3. The van der Waals surface area contributed by atoms with E-state index in [2.05, 4.69) is 4.98 Å². The molecule has 1 aromatic heterocycles. The highest BCUT2D eigenvalue weighted by Gasteiger charge is 2.28. The Labute approximate surface area is 120 Å². The average Bonchev–Trinajstić information content (AvgIpc) is 2.36. The van der Waals surface area contributed by atoms with Gasteiger partial charge in [-0.25, -0.2) is 9.78 Å². The van der Waals surface area contributed by atoms with E-state index in [1.807, 2.05) is 32.9 Å². The fourth-order valence-electron chi connectivity index (χ4n) is 2.26. The molecule has 110 valence electrons. The maximum Gasteiger partial charge on any atom is 0.416 e. The van der Waals surface area contributed by atoms with Crippen LogP contribution in [0.4, 0.5) is 10.6 Å². The van der Waals surface area contributed by atoms with E-state index >= 15 is 0 Å². The van der Waals surface area contributed by atoms with Gasteiger partial charge < -0.3 is 10.5 Å². The van der Waals surface area contributed by atoms with Crippen LogP contribution < -0.4 is 10.6 Å². The van der Waals surface area contributed by atoms with Crippen molar-refractivity contribution in [1.29, 1.82) is 0 Å². The highest BCUT2D eigenvalue weighted by Crippen LogP contribution is 2.27. The van der Waals surface area contributed by atoms with Crippen LogP contribution in [0.1, 0.15) is 38.4 Å². The molecule has 1 amide bonds. The second kappa shape index (κ2) is 5.79. The summed E-state index contributed by atoms with van der Waals surface area (Å²) in [6.45, 7) is 6.81. The van der Waals surface area contributed by atoms with Gasteiger partial charge in [-0.1, -0.05) is 6.07 Å². The number of ether oxygens (including phenoxy) is 1. The molecule has 5 heteroatoms. The number of aromatic nitrogens is 1. The summed E-state index contributed by atoms with van der Waals surface area (Å²) < 4.78 is 5.46. The number of nitrogens with two attached hydrogens (primary N) is 1. The Morgan fingerprint density at radius 1 is 1.45 bits per heavy atom. The quantitative estimate of drug-likeness (QED) is 0.900. The lowest BCUT2D eigenvalue weighted by Gasteiger charge is -2.31. The van der Waals surface area contributed by atoms with Crippen LogP contribution in [0.2, 0.25) is 0 Å². The van der Waals surface area contributed by atoms with Crippen molar-refractivity contribution in [2.24, 2.45) is 5.73 Å². The van der Waals surface area contributed by atoms with Gasteiger partial charge in [0.25, 0.3) is 0 Å². The molecule has 5 nitrogen and oxygen atoms in total. The molecule has 0 spiro atoms. The van der Waals surface area contributed by atoms with Crippen molar-refractivity contribution in [3.05, 3.63) is 23.4 Å². The van der Waals surface area contributed by atoms with E-state index in [0.29, 0.717) is 13.1 Å². The first-order chi connectivity index (χ1) is 9.40. The normalized spacial score (nSPS) is 14.9. The molecular weight excluding hydrogens is 254 g/mol. The molecule has 2 heterocycles. The number of aryl methyl sites for hydroxylation is 1. The van der Waals surface area contributed by atoms with Crippen LogP contribution in [0.5, 0.6) is 0 Å². The molecule has 1 aliphatic rings. The van der Waals surface area contributed by atoms with Crippen LogP contribution in [-0.4, -0.2) is 29.8 Å². The number of anilines is 1. The lowest BCUT2D eigenvalue weighted by atomic mass is 10.1. The van der Waals surface area contributed by atoms with Gasteiger partial charge in [0.1, 0.15) is 11.4 Å². The summed E-state index contributed by atoms with van der Waals surface area (Å²) in [6.07, 6.45) is 2.28. The monoisotopic (exact) mass is 277 g/mol. The molecule has 0 bridgehead atoms. The Morgan fingerprint density at radius 2 is 2.20 bits per heavy atom. The van der Waals surface area contributed by atoms with Gasteiger partial charge in [-0.15, -0.1) is 0 Å². The number of hydrogen-bond donors (Lipinski definition) is 1. The first kappa shape index (κ1) is 14.8. The SMILES string of the molecule is CC(C)(C)OC(=O)N1CCCc2ccc(CCN)nc21. The van der Waals surface area contributed by atoms with Crippen molar-refractivity contribution >= 4 is 11.9 Å². The first-order valence-corrected chi connectivity index (χ1v) is 7.10. The summed E-state index contributed by atoms with van der Waals surface area (Å²) in [5, 5.41) is 0. The zero-order chi connectivity index (χ0) is 14.8. The molecule has 1 aromatic rings. The average molecular weight is 277 g/mol. The summed E-state index contributed by atoms with van der Waals surface area (Å²) in [5.74, 6) is 0.733. The summed E-state index contributed by atoms with van der Waals surface area (Å²) in [4.78, 5) is 18.5. The number of carbonyl (C=O) groups excluding carboxylic acids is 1. The van der Waals surface area contributed by atoms with E-state index < -0.39 is 5.60 Å². The number of fused-ring (bicyclic) bond motifs is 1. The molecule has 0 saturated carbocycles. The number of nitrogens with zero attached hydrogens (tertiary/aromatic N) is 2. The molecule has 0 radical (unpaired) electrons. The van der Waals surface area contributed by atoms with E-state index in [0.717, 1.165) is 36.3 Å². The lowest BCUT2D eigenvalue weighted by Crippen LogP contribution is -2.40. The molecule has 20 heavy (non-hydrogen) atoms. The Balaban J connectivity index is 2.26. The van der Waals surface area contributed by atoms with Crippen LogP contribution in [0, 0.1) is 0 Å². The Morgan fingerprint density at radius 3 is 2.85 bits per heavy atom. The smallest absolute Gasteiger partial charge is 0.416 e. The number of pyridine rings is 1. The number of carbonyl (C=O) groups is 1. The van der Waals surface area contributed by atoms with Crippen molar-refractivity contribution in [2.45, 2.75) is 45.6 Å². The van der Waals surface area contributed by atoms with Crippen LogP contribution >= 0.6 is 0 Å². The minimum Gasteiger partial charge on any atom is -0.443 e. The first-order valence-electron chi connectivity index (χ1n) is 7.10. The van der Waals surface area contributed by atoms with E-state index in [-0.39, 0.29) is 6.09 Å². The van der Waals surface area contributed by atoms with Crippen LogP contribution in [0.3, 0.4) is 0 Å². The maximum absolute atomic E-state index is 12.3. The number of hydrogen-bond acceptors (Lipinski definition) is 4. The fourth-order valence-corrected chi connectivity index (χ4v) is 2.26. The van der Waals surface area contributed by atoms with Gasteiger partial charge in [0, 0.05) is 18.7 Å². The van der Waals surface area contributed by atoms with Crippen molar-refractivity contribution < 1.29 is 9.53 Å². The third kappa shape index (κ3) is 3.48. The molecule has 0 unspecified atom stereocenters. The standard InChI is InChI=1S/C15H23N3O2/c1-15(2,3)20-14(19)18-10-4-5-11-6-7-12(8-9-16)17-13(11)18/h6-7H,4-5,8-10,16H2,1-3H3. The van der Waals surface area contributed by atoms with Crippen molar-refractivity contribution in [3.63, 3.8) is 0 Å². The number of amides is 1. The lowest BCUT2D eigenvalue weighted by molar-refractivity contribution is 0.0576. The predicted molar refractivity (Wildman–Crippen MR) is 78.9 cm³/mol. The van der Waals surface area contributed by atoms with Crippen molar-refractivity contribution in [2.75, 3.05) is 18.0 Å². The summed E-state index contributed by atoms with van der Waals surface area (Å²) in [5.41, 5.74) is 7.09. The summed E-state index contributed by atoms with van der Waals surface area (Å²) in [7, 11) is 0. The van der Waals surface area contributed by atoms with Crippen LogP contribution in [-0.2, 0) is 17.6 Å². The molecule has 1 aliphatic heterocycles. The highest BCUT2D eigenvalue weighted by molar-refractivity contribution is 5.88. The van der Waals surface area contributed by atoms with Gasteiger partial charge in [-0.05, 0) is 51.8 Å². The molecule has 0 saturated heterocycles. The van der Waals surface area contributed by atoms with Gasteiger partial charge in [-0.2, -0.15) is 0 Å². The van der Waals surface area contributed by atoms with Gasteiger partial charge in [-0.3, -0.25) is 4.90 Å².